The molecule has 1 rings (SSSR count). The molecule has 1 amide bonds. The summed E-state index contributed by atoms with van der Waals surface area (Å²) in [4.78, 5) is 13.5. The number of hydrogen-bond acceptors (Lipinski definition) is 1. The maximum atomic E-state index is 13.6. The monoisotopic (exact) mass is 271 g/mol. The minimum absolute atomic E-state index is 0.0122. The SMILES string of the molecule is CN(Cc1c(F)cccc1Cl)C(=O)CC(C)(C)C. The summed E-state index contributed by atoms with van der Waals surface area (Å²) in [6.07, 6.45) is 0.426. The topological polar surface area (TPSA) is 20.3 Å². The Balaban J connectivity index is 2.76. The zero-order valence-corrected chi connectivity index (χ0v) is 12.0. The maximum absolute atomic E-state index is 13.6. The van der Waals surface area contributed by atoms with E-state index in [1.54, 1.807) is 19.2 Å². The number of carbonyl (C=O) groups is 1. The molecule has 0 heterocycles. The van der Waals surface area contributed by atoms with Crippen molar-refractivity contribution in [3.63, 3.8) is 0 Å². The van der Waals surface area contributed by atoms with Crippen molar-refractivity contribution in [3.8, 4) is 0 Å². The second-order valence-corrected chi connectivity index (χ2v) is 6.09. The fourth-order valence-electron chi connectivity index (χ4n) is 1.60. The van der Waals surface area contributed by atoms with E-state index >= 15 is 0 Å². The van der Waals surface area contributed by atoms with E-state index in [0.717, 1.165) is 0 Å². The summed E-state index contributed by atoms with van der Waals surface area (Å²) in [5.41, 5.74) is 0.286. The Morgan fingerprint density at radius 3 is 2.50 bits per heavy atom. The van der Waals surface area contributed by atoms with Gasteiger partial charge in [0.25, 0.3) is 0 Å². The van der Waals surface area contributed by atoms with E-state index in [1.807, 2.05) is 20.8 Å². The normalized spacial score (nSPS) is 11.4. The predicted molar refractivity (Wildman–Crippen MR) is 72.0 cm³/mol. The van der Waals surface area contributed by atoms with Gasteiger partial charge in [0, 0.05) is 30.6 Å². The van der Waals surface area contributed by atoms with Crippen LogP contribution in [0.25, 0.3) is 0 Å². The molecule has 18 heavy (non-hydrogen) atoms. The molecule has 0 saturated carbocycles. The summed E-state index contributed by atoms with van der Waals surface area (Å²) in [6.45, 7) is 6.18. The summed E-state index contributed by atoms with van der Waals surface area (Å²) < 4.78 is 13.6. The molecule has 0 radical (unpaired) electrons. The van der Waals surface area contributed by atoms with Crippen LogP contribution in [-0.2, 0) is 11.3 Å². The quantitative estimate of drug-likeness (QED) is 0.817. The third-order valence-electron chi connectivity index (χ3n) is 2.56. The number of halogens is 2. The first-order chi connectivity index (χ1) is 8.20. The number of benzene rings is 1. The van der Waals surface area contributed by atoms with Crippen LogP contribution in [0.15, 0.2) is 18.2 Å². The van der Waals surface area contributed by atoms with Crippen molar-refractivity contribution in [1.29, 1.82) is 0 Å². The number of amides is 1. The Hall–Kier alpha value is -1.09. The third kappa shape index (κ3) is 4.30. The van der Waals surface area contributed by atoms with Gasteiger partial charge in [-0.15, -0.1) is 0 Å². The highest BCUT2D eigenvalue weighted by Crippen LogP contribution is 2.23. The molecule has 0 spiro atoms. The van der Waals surface area contributed by atoms with E-state index in [-0.39, 0.29) is 23.7 Å². The average Bonchev–Trinajstić information content (AvgIpc) is 2.21. The Bertz CT molecular complexity index is 420. The predicted octanol–water partition coefficient (Wildman–Crippen LogP) is 3.87. The molecule has 2 nitrogen and oxygen atoms in total. The van der Waals surface area contributed by atoms with E-state index in [2.05, 4.69) is 0 Å². The van der Waals surface area contributed by atoms with Crippen molar-refractivity contribution in [2.75, 3.05) is 7.05 Å². The van der Waals surface area contributed by atoms with Crippen LogP contribution < -0.4 is 0 Å². The van der Waals surface area contributed by atoms with Gasteiger partial charge in [-0.2, -0.15) is 0 Å². The Morgan fingerprint density at radius 2 is 2.00 bits per heavy atom. The van der Waals surface area contributed by atoms with Gasteiger partial charge in [0.1, 0.15) is 5.82 Å². The van der Waals surface area contributed by atoms with Crippen LogP contribution in [0.4, 0.5) is 4.39 Å². The largest absolute Gasteiger partial charge is 0.341 e. The van der Waals surface area contributed by atoms with Gasteiger partial charge in [-0.05, 0) is 17.5 Å². The average molecular weight is 272 g/mol. The first kappa shape index (κ1) is 15.0. The molecule has 0 aromatic heterocycles. The number of nitrogens with zero attached hydrogens (tertiary/aromatic N) is 1. The third-order valence-corrected chi connectivity index (χ3v) is 2.92. The van der Waals surface area contributed by atoms with Gasteiger partial charge in [0.05, 0.1) is 0 Å². The van der Waals surface area contributed by atoms with Gasteiger partial charge in [-0.25, -0.2) is 4.39 Å². The summed E-state index contributed by atoms with van der Waals surface area (Å²) >= 11 is 5.93. The molecule has 0 fully saturated rings. The summed E-state index contributed by atoms with van der Waals surface area (Å²) in [6, 6.07) is 4.53. The second kappa shape index (κ2) is 5.70. The van der Waals surface area contributed by atoms with E-state index in [0.29, 0.717) is 17.0 Å². The van der Waals surface area contributed by atoms with Crippen molar-refractivity contribution in [2.24, 2.45) is 5.41 Å². The molecule has 0 aliphatic heterocycles. The Morgan fingerprint density at radius 1 is 1.39 bits per heavy atom. The van der Waals surface area contributed by atoms with E-state index in [4.69, 9.17) is 11.6 Å². The van der Waals surface area contributed by atoms with Crippen LogP contribution in [-0.4, -0.2) is 17.9 Å². The van der Waals surface area contributed by atoms with Crippen molar-refractivity contribution >= 4 is 17.5 Å². The van der Waals surface area contributed by atoms with Gasteiger partial charge in [0.2, 0.25) is 5.91 Å². The van der Waals surface area contributed by atoms with Crippen molar-refractivity contribution in [2.45, 2.75) is 33.7 Å². The molecule has 0 aliphatic rings. The van der Waals surface area contributed by atoms with Crippen LogP contribution in [0.5, 0.6) is 0 Å². The Kier molecular flexibility index (Phi) is 4.74. The molecule has 0 N–H and O–H groups in total. The zero-order valence-electron chi connectivity index (χ0n) is 11.3. The van der Waals surface area contributed by atoms with Gasteiger partial charge in [-0.3, -0.25) is 4.79 Å². The standard InChI is InChI=1S/C14H19ClFNO/c1-14(2,3)8-13(18)17(4)9-10-11(15)6-5-7-12(10)16/h5-7H,8-9H2,1-4H3. The zero-order chi connectivity index (χ0) is 13.9. The van der Waals surface area contributed by atoms with Crippen LogP contribution in [0.3, 0.4) is 0 Å². The fraction of sp³-hybridized carbons (Fsp3) is 0.500. The summed E-state index contributed by atoms with van der Waals surface area (Å²) in [7, 11) is 1.66. The smallest absolute Gasteiger partial charge is 0.223 e. The van der Waals surface area contributed by atoms with Crippen LogP contribution >= 0.6 is 11.6 Å². The molecule has 100 valence electrons. The van der Waals surface area contributed by atoms with E-state index < -0.39 is 0 Å². The number of rotatable bonds is 3. The van der Waals surface area contributed by atoms with Crippen molar-refractivity contribution in [3.05, 3.63) is 34.6 Å². The van der Waals surface area contributed by atoms with Crippen molar-refractivity contribution < 1.29 is 9.18 Å². The molecule has 0 bridgehead atoms. The van der Waals surface area contributed by atoms with Crippen LogP contribution in [0.1, 0.15) is 32.8 Å². The first-order valence-corrected chi connectivity index (χ1v) is 6.25. The molecule has 0 saturated heterocycles. The highest BCUT2D eigenvalue weighted by molar-refractivity contribution is 6.31. The molecule has 0 aliphatic carbocycles. The summed E-state index contributed by atoms with van der Waals surface area (Å²) in [5.74, 6) is -0.389. The minimum atomic E-state index is -0.377. The molecule has 1 aromatic rings. The highest BCUT2D eigenvalue weighted by atomic mass is 35.5. The fourth-order valence-corrected chi connectivity index (χ4v) is 1.82. The lowest BCUT2D eigenvalue weighted by Gasteiger charge is -2.23. The first-order valence-electron chi connectivity index (χ1n) is 5.87. The lowest BCUT2D eigenvalue weighted by molar-refractivity contribution is -0.132. The van der Waals surface area contributed by atoms with Crippen molar-refractivity contribution in [1.82, 2.24) is 4.90 Å². The number of hydrogen-bond donors (Lipinski definition) is 0. The highest BCUT2D eigenvalue weighted by Gasteiger charge is 2.20. The lowest BCUT2D eigenvalue weighted by Crippen LogP contribution is -2.30. The lowest BCUT2D eigenvalue weighted by atomic mass is 9.91. The molecule has 1 aromatic carbocycles. The maximum Gasteiger partial charge on any atom is 0.223 e. The Labute approximate surface area is 113 Å². The van der Waals surface area contributed by atoms with Gasteiger partial charge < -0.3 is 4.90 Å². The van der Waals surface area contributed by atoms with E-state index in [9.17, 15) is 9.18 Å². The molecule has 0 atom stereocenters. The van der Waals surface area contributed by atoms with Gasteiger partial charge >= 0.3 is 0 Å². The molecule has 4 heteroatoms. The minimum Gasteiger partial charge on any atom is -0.341 e. The molecule has 0 unspecified atom stereocenters. The van der Waals surface area contributed by atoms with Crippen LogP contribution in [0.2, 0.25) is 5.02 Å². The van der Waals surface area contributed by atoms with Crippen LogP contribution in [0, 0.1) is 11.2 Å². The second-order valence-electron chi connectivity index (χ2n) is 5.69. The molecular weight excluding hydrogens is 253 g/mol. The van der Waals surface area contributed by atoms with Gasteiger partial charge in [0.15, 0.2) is 0 Å². The summed E-state index contributed by atoms with van der Waals surface area (Å²) in [5, 5.41) is 0.352. The molecular formula is C14H19ClFNO. The van der Waals surface area contributed by atoms with E-state index in [1.165, 1.54) is 11.0 Å². The van der Waals surface area contributed by atoms with Gasteiger partial charge in [-0.1, -0.05) is 38.4 Å². The number of carbonyl (C=O) groups excluding carboxylic acids is 1.